The molecule has 8 heteroatoms. The predicted molar refractivity (Wildman–Crippen MR) is 110 cm³/mol. The van der Waals surface area contributed by atoms with Crippen LogP contribution in [0.4, 0.5) is 5.82 Å². The van der Waals surface area contributed by atoms with Crippen molar-refractivity contribution in [2.24, 2.45) is 0 Å². The fourth-order valence-electron chi connectivity index (χ4n) is 3.79. The van der Waals surface area contributed by atoms with Crippen LogP contribution in [0.5, 0.6) is 0 Å². The van der Waals surface area contributed by atoms with Gasteiger partial charge in [0.1, 0.15) is 12.1 Å². The lowest BCUT2D eigenvalue weighted by atomic mass is 10.1. The molecule has 1 fully saturated rings. The van der Waals surface area contributed by atoms with Gasteiger partial charge in [-0.3, -0.25) is 9.59 Å². The lowest BCUT2D eigenvalue weighted by Crippen LogP contribution is -2.40. The number of nitrogens with zero attached hydrogens (tertiary/aromatic N) is 3. The third kappa shape index (κ3) is 3.97. The van der Waals surface area contributed by atoms with Crippen LogP contribution in [0.2, 0.25) is 0 Å². The molecule has 0 spiro atoms. The Morgan fingerprint density at radius 3 is 2.97 bits per heavy atom. The number of para-hydroxylation sites is 1. The van der Waals surface area contributed by atoms with Gasteiger partial charge in [0.05, 0.1) is 23.2 Å². The van der Waals surface area contributed by atoms with Gasteiger partial charge in [-0.25, -0.2) is 9.97 Å². The molecular formula is C21H23N5O3. The Labute approximate surface area is 167 Å². The Balaban J connectivity index is 1.53. The summed E-state index contributed by atoms with van der Waals surface area (Å²) >= 11 is 0. The van der Waals surface area contributed by atoms with E-state index in [1.165, 1.54) is 6.07 Å². The number of nitrogens with one attached hydrogen (secondary N) is 2. The minimum absolute atomic E-state index is 0.0484. The van der Waals surface area contributed by atoms with E-state index in [0.717, 1.165) is 23.3 Å². The topological polar surface area (TPSA) is 100 Å². The number of anilines is 1. The highest BCUT2D eigenvalue weighted by atomic mass is 16.5. The molecular weight excluding hydrogens is 370 g/mol. The molecule has 0 bridgehead atoms. The van der Waals surface area contributed by atoms with Crippen molar-refractivity contribution in [1.82, 2.24) is 20.3 Å². The summed E-state index contributed by atoms with van der Waals surface area (Å²) in [6.45, 7) is 3.07. The molecule has 8 nitrogen and oxygen atoms in total. The first-order valence-corrected chi connectivity index (χ1v) is 9.53. The van der Waals surface area contributed by atoms with Crippen molar-refractivity contribution in [3.05, 3.63) is 64.3 Å². The molecule has 2 N–H and O–H groups in total. The maximum absolute atomic E-state index is 12.9. The van der Waals surface area contributed by atoms with Crippen LogP contribution in [-0.2, 0) is 4.74 Å². The van der Waals surface area contributed by atoms with Gasteiger partial charge < -0.3 is 19.9 Å². The minimum atomic E-state index is -0.234. The van der Waals surface area contributed by atoms with E-state index in [1.54, 1.807) is 25.6 Å². The van der Waals surface area contributed by atoms with Crippen LogP contribution >= 0.6 is 0 Å². The van der Waals surface area contributed by atoms with Crippen LogP contribution in [0.1, 0.15) is 22.5 Å². The van der Waals surface area contributed by atoms with Crippen molar-refractivity contribution in [2.75, 3.05) is 25.1 Å². The Morgan fingerprint density at radius 2 is 2.17 bits per heavy atom. The number of benzene rings is 1. The largest absolute Gasteiger partial charge is 0.380 e. The molecule has 3 aromatic rings. The summed E-state index contributed by atoms with van der Waals surface area (Å²) < 4.78 is 5.55. The molecule has 3 heterocycles. The summed E-state index contributed by atoms with van der Waals surface area (Å²) in [4.78, 5) is 38.0. The van der Waals surface area contributed by atoms with Crippen molar-refractivity contribution in [3.63, 3.8) is 0 Å². The Hall–Kier alpha value is -3.26. The second-order valence-corrected chi connectivity index (χ2v) is 7.22. The van der Waals surface area contributed by atoms with Crippen LogP contribution in [0.3, 0.4) is 0 Å². The number of carbonyl (C=O) groups excluding carboxylic acids is 1. The molecule has 0 aliphatic carbocycles. The van der Waals surface area contributed by atoms with Gasteiger partial charge in [0.2, 0.25) is 5.56 Å². The summed E-state index contributed by atoms with van der Waals surface area (Å²) in [6, 6.07) is 10.5. The van der Waals surface area contributed by atoms with Gasteiger partial charge in [-0.15, -0.1) is 0 Å². The molecule has 1 amide bonds. The standard InChI is InChI=1S/C21H23N5O3/c1-13-8-18(24-12-23-13)26-11-16(29-2)9-15(26)10-22-21(28)17-5-3-4-14-6-7-19(27)25-20(14)17/h3-8,12,15-16H,9-11H2,1-2H3,(H,22,28)(H,25,27)/t15-,16-/m0/s1. The molecule has 0 saturated carbocycles. The van der Waals surface area contributed by atoms with Gasteiger partial charge in [-0.1, -0.05) is 12.1 Å². The van der Waals surface area contributed by atoms with E-state index in [2.05, 4.69) is 25.2 Å². The zero-order valence-corrected chi connectivity index (χ0v) is 16.4. The molecule has 1 saturated heterocycles. The highest BCUT2D eigenvalue weighted by molar-refractivity contribution is 6.05. The lowest BCUT2D eigenvalue weighted by molar-refractivity contribution is 0.0947. The molecule has 150 valence electrons. The summed E-state index contributed by atoms with van der Waals surface area (Å²) in [5, 5.41) is 3.83. The first kappa shape index (κ1) is 19.1. The summed E-state index contributed by atoms with van der Waals surface area (Å²) in [7, 11) is 1.70. The number of hydrogen-bond donors (Lipinski definition) is 2. The van der Waals surface area contributed by atoms with Crippen LogP contribution < -0.4 is 15.8 Å². The predicted octanol–water partition coefficient (Wildman–Crippen LogP) is 1.65. The van der Waals surface area contributed by atoms with E-state index < -0.39 is 0 Å². The van der Waals surface area contributed by atoms with Crippen LogP contribution in [0.15, 0.2) is 47.5 Å². The molecule has 4 rings (SSSR count). The van der Waals surface area contributed by atoms with E-state index in [-0.39, 0.29) is 23.6 Å². The number of hydrogen-bond acceptors (Lipinski definition) is 6. The molecule has 2 atom stereocenters. The van der Waals surface area contributed by atoms with Crippen molar-refractivity contribution in [3.8, 4) is 0 Å². The molecule has 29 heavy (non-hydrogen) atoms. The number of pyridine rings is 1. The number of aromatic nitrogens is 3. The number of aromatic amines is 1. The van der Waals surface area contributed by atoms with Gasteiger partial charge in [-0.2, -0.15) is 0 Å². The molecule has 1 aromatic carbocycles. The number of carbonyl (C=O) groups is 1. The average molecular weight is 393 g/mol. The van der Waals surface area contributed by atoms with Gasteiger partial charge in [-0.05, 0) is 30.9 Å². The number of fused-ring (bicyclic) bond motifs is 1. The monoisotopic (exact) mass is 393 g/mol. The summed E-state index contributed by atoms with van der Waals surface area (Å²) in [5.41, 5.74) is 1.65. The molecule has 0 unspecified atom stereocenters. The van der Waals surface area contributed by atoms with E-state index >= 15 is 0 Å². The van der Waals surface area contributed by atoms with Gasteiger partial charge in [0.15, 0.2) is 0 Å². The maximum Gasteiger partial charge on any atom is 0.253 e. The summed E-state index contributed by atoms with van der Waals surface area (Å²) in [6.07, 6.45) is 2.40. The fraction of sp³-hybridized carbons (Fsp3) is 0.333. The number of methoxy groups -OCH3 is 1. The summed E-state index contributed by atoms with van der Waals surface area (Å²) in [5.74, 6) is 0.600. The first-order chi connectivity index (χ1) is 14.0. The van der Waals surface area contributed by atoms with Crippen LogP contribution in [-0.4, -0.2) is 53.2 Å². The minimum Gasteiger partial charge on any atom is -0.380 e. The number of aryl methyl sites for hydroxylation is 1. The lowest BCUT2D eigenvalue weighted by Gasteiger charge is -2.25. The maximum atomic E-state index is 12.9. The van der Waals surface area contributed by atoms with Crippen LogP contribution in [0, 0.1) is 6.92 Å². The third-order valence-electron chi connectivity index (χ3n) is 5.30. The number of H-pyrrole nitrogens is 1. The van der Waals surface area contributed by atoms with Crippen molar-refractivity contribution >= 4 is 22.6 Å². The zero-order valence-electron chi connectivity index (χ0n) is 16.4. The molecule has 1 aliphatic rings. The van der Waals surface area contributed by atoms with E-state index in [9.17, 15) is 9.59 Å². The molecule has 0 radical (unpaired) electrons. The second kappa shape index (κ2) is 8.00. The van der Waals surface area contributed by atoms with Gasteiger partial charge >= 0.3 is 0 Å². The third-order valence-corrected chi connectivity index (χ3v) is 5.30. The SMILES string of the molecule is CO[C@H]1C[C@@H](CNC(=O)c2cccc3ccc(=O)[nH]c23)N(c2cc(C)ncn2)C1. The van der Waals surface area contributed by atoms with Crippen molar-refractivity contribution in [1.29, 1.82) is 0 Å². The number of ether oxygens (including phenoxy) is 1. The first-order valence-electron chi connectivity index (χ1n) is 9.53. The average Bonchev–Trinajstić information content (AvgIpc) is 3.15. The van der Waals surface area contributed by atoms with Crippen molar-refractivity contribution < 1.29 is 9.53 Å². The molecule has 1 aliphatic heterocycles. The number of rotatable bonds is 5. The van der Waals surface area contributed by atoms with Gasteiger partial charge in [0.25, 0.3) is 5.91 Å². The zero-order chi connectivity index (χ0) is 20.4. The number of amides is 1. The van der Waals surface area contributed by atoms with E-state index in [0.29, 0.717) is 24.2 Å². The smallest absolute Gasteiger partial charge is 0.253 e. The fourth-order valence-corrected chi connectivity index (χ4v) is 3.79. The van der Waals surface area contributed by atoms with E-state index in [1.807, 2.05) is 25.1 Å². The van der Waals surface area contributed by atoms with Gasteiger partial charge in [0, 0.05) is 38.0 Å². The Bertz CT molecular complexity index is 1100. The highest BCUT2D eigenvalue weighted by Crippen LogP contribution is 2.25. The van der Waals surface area contributed by atoms with Crippen molar-refractivity contribution in [2.45, 2.75) is 25.5 Å². The highest BCUT2D eigenvalue weighted by Gasteiger charge is 2.33. The second-order valence-electron chi connectivity index (χ2n) is 7.22. The Morgan fingerprint density at radius 1 is 1.31 bits per heavy atom. The van der Waals surface area contributed by atoms with Crippen LogP contribution in [0.25, 0.3) is 10.9 Å². The quantitative estimate of drug-likeness (QED) is 0.684. The molecule has 2 aromatic heterocycles. The van der Waals surface area contributed by atoms with E-state index in [4.69, 9.17) is 4.74 Å². The Kier molecular flexibility index (Phi) is 5.26. The normalized spacial score (nSPS) is 18.9.